The number of rotatable bonds is 2. The highest BCUT2D eigenvalue weighted by atomic mass is 16.7. The molecule has 1 N–H and O–H groups in total. The van der Waals surface area contributed by atoms with Crippen molar-refractivity contribution in [1.82, 2.24) is 9.97 Å². The fourth-order valence-corrected chi connectivity index (χ4v) is 2.34. The van der Waals surface area contributed by atoms with Crippen molar-refractivity contribution in [2.24, 2.45) is 0 Å². The molecule has 3 heterocycles. The molecule has 0 aliphatic carbocycles. The zero-order valence-corrected chi connectivity index (χ0v) is 12.8. The normalized spacial score (nSPS) is 20.1. The van der Waals surface area contributed by atoms with Crippen LogP contribution in [-0.2, 0) is 15.9 Å². The predicted octanol–water partition coefficient (Wildman–Crippen LogP) is 1.42. The van der Waals surface area contributed by atoms with E-state index in [9.17, 15) is 5.11 Å². The Bertz CT molecular complexity index is 672. The molecule has 2 aromatic rings. The van der Waals surface area contributed by atoms with E-state index in [2.05, 4.69) is 9.97 Å². The average molecular weight is 286 g/mol. The van der Waals surface area contributed by atoms with Crippen molar-refractivity contribution < 1.29 is 14.4 Å². The highest BCUT2D eigenvalue weighted by Crippen LogP contribution is 2.36. The van der Waals surface area contributed by atoms with Gasteiger partial charge in [0.25, 0.3) is 0 Å². The van der Waals surface area contributed by atoms with Crippen molar-refractivity contribution in [3.8, 4) is 0 Å². The molecule has 0 spiro atoms. The summed E-state index contributed by atoms with van der Waals surface area (Å²) in [5, 5.41) is 10.2. The summed E-state index contributed by atoms with van der Waals surface area (Å²) in [7, 11) is -0.507. The molecule has 0 bridgehead atoms. The zero-order valence-electron chi connectivity index (χ0n) is 12.8. The van der Waals surface area contributed by atoms with E-state index < -0.39 is 18.3 Å². The molecule has 1 aliphatic rings. The van der Waals surface area contributed by atoms with Gasteiger partial charge in [-0.3, -0.25) is 9.97 Å². The topological polar surface area (TPSA) is 64.5 Å². The molecule has 6 heteroatoms. The van der Waals surface area contributed by atoms with Crippen LogP contribution in [0.1, 0.15) is 33.4 Å². The molecule has 1 fully saturated rings. The number of pyridine rings is 2. The van der Waals surface area contributed by atoms with Crippen molar-refractivity contribution >= 4 is 23.5 Å². The first-order chi connectivity index (χ1) is 9.84. The number of aliphatic hydroxyl groups is 1. The van der Waals surface area contributed by atoms with Crippen LogP contribution in [0, 0.1) is 0 Å². The second-order valence-electron chi connectivity index (χ2n) is 6.35. The lowest BCUT2D eigenvalue weighted by Crippen LogP contribution is -2.41. The van der Waals surface area contributed by atoms with Gasteiger partial charge < -0.3 is 14.4 Å². The summed E-state index contributed by atoms with van der Waals surface area (Å²) in [6, 6.07) is 3.69. The lowest BCUT2D eigenvalue weighted by molar-refractivity contribution is 0.00578. The Morgan fingerprint density at radius 2 is 1.76 bits per heavy atom. The molecule has 21 heavy (non-hydrogen) atoms. The maximum Gasteiger partial charge on any atom is 0.498 e. The van der Waals surface area contributed by atoms with Gasteiger partial charge in [-0.1, -0.05) is 0 Å². The molecule has 2 aromatic heterocycles. The summed E-state index contributed by atoms with van der Waals surface area (Å²) >= 11 is 0. The molecule has 3 rings (SSSR count). The van der Waals surface area contributed by atoms with E-state index in [-0.39, 0.29) is 6.61 Å². The Balaban J connectivity index is 2.09. The Morgan fingerprint density at radius 1 is 1.10 bits per heavy atom. The van der Waals surface area contributed by atoms with Gasteiger partial charge >= 0.3 is 7.12 Å². The molecule has 1 saturated heterocycles. The smallest absolute Gasteiger partial charge is 0.399 e. The molecule has 0 atom stereocenters. The van der Waals surface area contributed by atoms with Gasteiger partial charge in [0, 0.05) is 23.2 Å². The van der Waals surface area contributed by atoms with Gasteiger partial charge in [-0.25, -0.2) is 0 Å². The van der Waals surface area contributed by atoms with E-state index >= 15 is 0 Å². The third-order valence-electron chi connectivity index (χ3n) is 4.35. The SMILES string of the molecule is CC1(C)OB(c2cncc3ccc(CO)nc23)OC1(C)C. The first kappa shape index (κ1) is 14.4. The van der Waals surface area contributed by atoms with Gasteiger partial charge in [-0.15, -0.1) is 0 Å². The third-order valence-corrected chi connectivity index (χ3v) is 4.35. The Morgan fingerprint density at radius 3 is 2.38 bits per heavy atom. The molecular formula is C15H19BN2O3. The van der Waals surface area contributed by atoms with E-state index in [0.717, 1.165) is 16.4 Å². The lowest BCUT2D eigenvalue weighted by atomic mass is 9.79. The van der Waals surface area contributed by atoms with Gasteiger partial charge in [0.2, 0.25) is 0 Å². The summed E-state index contributed by atoms with van der Waals surface area (Å²) in [6.45, 7) is 7.95. The number of hydrogen-bond acceptors (Lipinski definition) is 5. The summed E-state index contributed by atoms with van der Waals surface area (Å²) in [6.07, 6.45) is 3.47. The lowest BCUT2D eigenvalue weighted by Gasteiger charge is -2.32. The number of hydrogen-bond donors (Lipinski definition) is 1. The highest BCUT2D eigenvalue weighted by molar-refractivity contribution is 6.64. The van der Waals surface area contributed by atoms with Crippen LogP contribution in [0.2, 0.25) is 0 Å². The van der Waals surface area contributed by atoms with Crippen LogP contribution in [0.25, 0.3) is 10.9 Å². The number of aliphatic hydroxyl groups excluding tert-OH is 1. The Kier molecular flexibility index (Phi) is 3.28. The third kappa shape index (κ3) is 2.33. The van der Waals surface area contributed by atoms with E-state index in [1.54, 1.807) is 18.5 Å². The first-order valence-electron chi connectivity index (χ1n) is 7.04. The predicted molar refractivity (Wildman–Crippen MR) is 81.2 cm³/mol. The molecule has 0 saturated carbocycles. The van der Waals surface area contributed by atoms with Crippen LogP contribution in [0.3, 0.4) is 0 Å². The minimum absolute atomic E-state index is 0.0962. The Labute approximate surface area is 124 Å². The van der Waals surface area contributed by atoms with Crippen LogP contribution in [0.15, 0.2) is 24.5 Å². The number of fused-ring (bicyclic) bond motifs is 1. The standard InChI is InChI=1S/C15H19BN2O3/c1-14(2)15(3,4)21-16(20-14)12-8-17-7-10-5-6-11(9-19)18-13(10)12/h5-8,19H,9H2,1-4H3. The molecule has 5 nitrogen and oxygen atoms in total. The fourth-order valence-electron chi connectivity index (χ4n) is 2.34. The average Bonchev–Trinajstić information content (AvgIpc) is 2.66. The summed E-state index contributed by atoms with van der Waals surface area (Å²) in [5.41, 5.74) is 1.35. The molecule has 1 aliphatic heterocycles. The Hall–Kier alpha value is -1.50. The minimum Gasteiger partial charge on any atom is -0.399 e. The minimum atomic E-state index is -0.507. The van der Waals surface area contributed by atoms with E-state index in [1.165, 1.54) is 0 Å². The van der Waals surface area contributed by atoms with Crippen LogP contribution in [0.5, 0.6) is 0 Å². The highest BCUT2D eigenvalue weighted by Gasteiger charge is 2.52. The first-order valence-corrected chi connectivity index (χ1v) is 7.04. The van der Waals surface area contributed by atoms with E-state index in [1.807, 2.05) is 33.8 Å². The van der Waals surface area contributed by atoms with Crippen LogP contribution < -0.4 is 5.46 Å². The van der Waals surface area contributed by atoms with Crippen molar-refractivity contribution in [2.75, 3.05) is 0 Å². The van der Waals surface area contributed by atoms with Crippen LogP contribution in [-0.4, -0.2) is 33.4 Å². The van der Waals surface area contributed by atoms with E-state index in [4.69, 9.17) is 9.31 Å². The molecule has 110 valence electrons. The quantitative estimate of drug-likeness (QED) is 0.846. The molecule has 0 unspecified atom stereocenters. The fraction of sp³-hybridized carbons (Fsp3) is 0.467. The summed E-state index contributed by atoms with van der Waals surface area (Å²) < 4.78 is 12.1. The molecule has 0 aromatic carbocycles. The summed E-state index contributed by atoms with van der Waals surface area (Å²) in [5.74, 6) is 0. The zero-order chi connectivity index (χ0) is 15.3. The van der Waals surface area contributed by atoms with Crippen molar-refractivity contribution in [3.63, 3.8) is 0 Å². The van der Waals surface area contributed by atoms with Crippen molar-refractivity contribution in [3.05, 3.63) is 30.2 Å². The van der Waals surface area contributed by atoms with Gasteiger partial charge in [0.15, 0.2) is 0 Å². The largest absolute Gasteiger partial charge is 0.498 e. The van der Waals surface area contributed by atoms with Crippen molar-refractivity contribution in [1.29, 1.82) is 0 Å². The second-order valence-corrected chi connectivity index (χ2v) is 6.35. The summed E-state index contributed by atoms with van der Waals surface area (Å²) in [4.78, 5) is 8.73. The number of aromatic nitrogens is 2. The molecule has 0 amide bonds. The van der Waals surface area contributed by atoms with Crippen LogP contribution >= 0.6 is 0 Å². The van der Waals surface area contributed by atoms with Crippen molar-refractivity contribution in [2.45, 2.75) is 45.5 Å². The van der Waals surface area contributed by atoms with Gasteiger partial charge in [-0.05, 0) is 39.8 Å². The van der Waals surface area contributed by atoms with Gasteiger partial charge in [0.05, 0.1) is 29.0 Å². The second kappa shape index (κ2) is 4.76. The maximum atomic E-state index is 9.28. The van der Waals surface area contributed by atoms with Gasteiger partial charge in [0.1, 0.15) is 0 Å². The molecule has 0 radical (unpaired) electrons. The van der Waals surface area contributed by atoms with Gasteiger partial charge in [-0.2, -0.15) is 0 Å². The number of nitrogens with zero attached hydrogens (tertiary/aromatic N) is 2. The van der Waals surface area contributed by atoms with E-state index in [0.29, 0.717) is 5.69 Å². The monoisotopic (exact) mass is 286 g/mol. The molecular weight excluding hydrogens is 267 g/mol. The van der Waals surface area contributed by atoms with Crippen LogP contribution in [0.4, 0.5) is 0 Å². The maximum absolute atomic E-state index is 9.28.